The first-order valence-electron chi connectivity index (χ1n) is 10.1. The van der Waals surface area contributed by atoms with E-state index in [0.29, 0.717) is 17.3 Å². The number of ether oxygens (including phenoxy) is 1. The minimum atomic E-state index is -2.05. The molecule has 0 spiro atoms. The van der Waals surface area contributed by atoms with Crippen LogP contribution < -0.4 is 9.64 Å². The molecule has 3 aromatic heterocycles. The first-order valence-corrected chi connectivity index (χ1v) is 10.1. The van der Waals surface area contributed by atoms with Crippen LogP contribution in [-0.4, -0.2) is 67.3 Å². The van der Waals surface area contributed by atoms with Crippen molar-refractivity contribution in [3.63, 3.8) is 0 Å². The van der Waals surface area contributed by atoms with E-state index < -0.39 is 17.4 Å². The normalized spacial score (nSPS) is 17.9. The predicted molar refractivity (Wildman–Crippen MR) is 106 cm³/mol. The van der Waals surface area contributed by atoms with E-state index in [4.69, 9.17) is 4.74 Å². The quantitative estimate of drug-likeness (QED) is 0.585. The Bertz CT molecular complexity index is 1230. The first-order chi connectivity index (χ1) is 15.5. The maximum atomic E-state index is 15.8. The first kappa shape index (κ1) is 20.0. The number of rotatable bonds is 2. The number of hydrogen-bond acceptors (Lipinski definition) is 8. The third-order valence-corrected chi connectivity index (χ3v) is 5.81. The summed E-state index contributed by atoms with van der Waals surface area (Å²) in [7, 11) is 0. The number of hydrogen-bond donors (Lipinski definition) is 0. The second-order valence-electron chi connectivity index (χ2n) is 7.72. The molecule has 1 fully saturated rings. The van der Waals surface area contributed by atoms with E-state index in [9.17, 15) is 14.4 Å². The fourth-order valence-electron chi connectivity index (χ4n) is 4.12. The van der Waals surface area contributed by atoms with Gasteiger partial charge in [0.1, 0.15) is 30.3 Å². The Balaban J connectivity index is 1.32. The monoisotopic (exact) mass is 440 g/mol. The van der Waals surface area contributed by atoms with Crippen molar-refractivity contribution in [2.45, 2.75) is 25.1 Å². The van der Waals surface area contributed by atoms with Crippen LogP contribution in [0.3, 0.4) is 0 Å². The van der Waals surface area contributed by atoms with Crippen molar-refractivity contribution in [1.29, 1.82) is 5.26 Å². The van der Waals surface area contributed by atoms with Gasteiger partial charge in [-0.05, 0) is 0 Å². The Labute approximate surface area is 181 Å². The van der Waals surface area contributed by atoms with E-state index in [1.165, 1.54) is 28.1 Å². The summed E-state index contributed by atoms with van der Waals surface area (Å²) in [6.45, 7) is 0.884. The molecule has 0 N–H and O–H groups in total. The molecule has 2 aliphatic rings. The topological polar surface area (TPSA) is 113 Å². The maximum absolute atomic E-state index is 15.8. The van der Waals surface area contributed by atoms with Gasteiger partial charge in [-0.25, -0.2) is 18.7 Å². The van der Waals surface area contributed by atoms with E-state index in [2.05, 4.69) is 20.1 Å². The molecule has 0 radical (unpaired) electrons. The number of nitriles is 1. The van der Waals surface area contributed by atoms with Gasteiger partial charge >= 0.3 is 0 Å². The average Bonchev–Trinajstić information content (AvgIpc) is 3.20. The molecule has 2 aliphatic heterocycles. The van der Waals surface area contributed by atoms with Gasteiger partial charge in [0, 0.05) is 43.9 Å². The lowest BCUT2D eigenvalue weighted by atomic mass is 9.91. The number of piperidine rings is 1. The highest BCUT2D eigenvalue weighted by Gasteiger charge is 2.45. The van der Waals surface area contributed by atoms with Gasteiger partial charge < -0.3 is 14.5 Å². The molecule has 0 aromatic carbocycles. The zero-order valence-electron chi connectivity index (χ0n) is 16.9. The Kier molecular flexibility index (Phi) is 4.80. The summed E-state index contributed by atoms with van der Waals surface area (Å²) >= 11 is 0. The number of pyridine rings is 1. The van der Waals surface area contributed by atoms with Crippen LogP contribution in [0.15, 0.2) is 24.9 Å². The van der Waals surface area contributed by atoms with Gasteiger partial charge in [-0.1, -0.05) is 0 Å². The Hall–Kier alpha value is -3.88. The van der Waals surface area contributed by atoms with Crippen LogP contribution in [-0.2, 0) is 11.3 Å². The van der Waals surface area contributed by atoms with Crippen LogP contribution in [0.4, 0.5) is 14.7 Å². The van der Waals surface area contributed by atoms with Crippen molar-refractivity contribution in [2.75, 3.05) is 31.1 Å². The molecule has 0 aliphatic carbocycles. The minimum absolute atomic E-state index is 0.0386. The van der Waals surface area contributed by atoms with E-state index >= 15 is 4.39 Å². The van der Waals surface area contributed by atoms with Crippen molar-refractivity contribution in [2.24, 2.45) is 0 Å². The van der Waals surface area contributed by atoms with E-state index in [1.54, 1.807) is 4.90 Å². The zero-order valence-corrected chi connectivity index (χ0v) is 16.9. The molecular formula is C20H18F2N8O2. The minimum Gasteiger partial charge on any atom is -0.490 e. The molecule has 5 heterocycles. The number of aromatic nitrogens is 5. The highest BCUT2D eigenvalue weighted by molar-refractivity contribution is 5.85. The van der Waals surface area contributed by atoms with Gasteiger partial charge in [0.05, 0.1) is 19.3 Å². The van der Waals surface area contributed by atoms with Crippen molar-refractivity contribution in [1.82, 2.24) is 29.5 Å². The Morgan fingerprint density at radius 1 is 1.19 bits per heavy atom. The Morgan fingerprint density at radius 2 is 2.00 bits per heavy atom. The molecule has 32 heavy (non-hydrogen) atoms. The van der Waals surface area contributed by atoms with E-state index in [-0.39, 0.29) is 56.8 Å². The molecule has 1 amide bonds. The molecule has 1 saturated heterocycles. The second kappa shape index (κ2) is 7.67. The highest BCUT2D eigenvalue weighted by atomic mass is 19.1. The van der Waals surface area contributed by atoms with Crippen LogP contribution in [0.25, 0.3) is 5.65 Å². The van der Waals surface area contributed by atoms with Crippen molar-refractivity contribution in [3.8, 4) is 11.8 Å². The molecule has 12 heteroatoms. The summed E-state index contributed by atoms with van der Waals surface area (Å²) in [5.41, 5.74) is -1.16. The van der Waals surface area contributed by atoms with Crippen LogP contribution in [0.1, 0.15) is 24.0 Å². The molecule has 10 nitrogen and oxygen atoms in total. The number of amides is 1. The largest absolute Gasteiger partial charge is 0.490 e. The molecule has 3 aromatic rings. The lowest BCUT2D eigenvalue weighted by Crippen LogP contribution is -2.53. The molecular weight excluding hydrogens is 422 g/mol. The lowest BCUT2D eigenvalue weighted by molar-refractivity contribution is -0.146. The van der Waals surface area contributed by atoms with Gasteiger partial charge in [-0.15, -0.1) is 0 Å². The number of anilines is 1. The van der Waals surface area contributed by atoms with Crippen molar-refractivity contribution < 1.29 is 18.3 Å². The molecule has 0 unspecified atom stereocenters. The smallest absolute Gasteiger partial charge is 0.260 e. The summed E-state index contributed by atoms with van der Waals surface area (Å²) < 4.78 is 36.5. The number of nitrogens with zero attached hydrogens (tertiary/aromatic N) is 8. The average molecular weight is 440 g/mol. The summed E-state index contributed by atoms with van der Waals surface area (Å²) in [5, 5.41) is 13.2. The lowest BCUT2D eigenvalue weighted by Gasteiger charge is -2.38. The number of fused-ring (bicyclic) bond motifs is 2. The third-order valence-electron chi connectivity index (χ3n) is 5.81. The third kappa shape index (κ3) is 3.26. The van der Waals surface area contributed by atoms with Crippen LogP contribution >= 0.6 is 0 Å². The van der Waals surface area contributed by atoms with Gasteiger partial charge in [0.25, 0.3) is 5.91 Å². The number of halogens is 2. The summed E-state index contributed by atoms with van der Waals surface area (Å²) in [4.78, 5) is 28.3. The Morgan fingerprint density at radius 3 is 2.78 bits per heavy atom. The number of carbonyl (C=O) groups is 1. The summed E-state index contributed by atoms with van der Waals surface area (Å²) in [6, 6.07) is 2.02. The predicted octanol–water partition coefficient (Wildman–Crippen LogP) is 1.26. The van der Waals surface area contributed by atoms with Gasteiger partial charge in [-0.2, -0.15) is 14.9 Å². The van der Waals surface area contributed by atoms with Crippen LogP contribution in [0.2, 0.25) is 0 Å². The van der Waals surface area contributed by atoms with E-state index in [0.717, 1.165) is 6.20 Å². The molecule has 0 bridgehead atoms. The molecule has 0 saturated carbocycles. The van der Waals surface area contributed by atoms with Crippen molar-refractivity contribution in [3.05, 3.63) is 41.9 Å². The summed E-state index contributed by atoms with van der Waals surface area (Å²) in [5.74, 6) is -0.481. The number of carbonyl (C=O) groups excluding carboxylic acids is 1. The molecule has 0 atom stereocenters. The fraction of sp³-hybridized carbons (Fsp3) is 0.400. The molecule has 5 rings (SSSR count). The van der Waals surface area contributed by atoms with Crippen LogP contribution in [0.5, 0.6) is 5.75 Å². The van der Waals surface area contributed by atoms with Gasteiger partial charge in [0.2, 0.25) is 5.95 Å². The zero-order chi connectivity index (χ0) is 22.3. The summed E-state index contributed by atoms with van der Waals surface area (Å²) in [6.07, 6.45) is 5.10. The van der Waals surface area contributed by atoms with Gasteiger partial charge in [-0.3, -0.25) is 9.78 Å². The van der Waals surface area contributed by atoms with E-state index in [1.807, 2.05) is 6.07 Å². The highest BCUT2D eigenvalue weighted by Crippen LogP contribution is 2.33. The second-order valence-corrected chi connectivity index (χ2v) is 7.72. The van der Waals surface area contributed by atoms with Crippen molar-refractivity contribution >= 4 is 17.5 Å². The standard InChI is InChI=1S/C20H18F2N8O2/c21-15-10-25-19(30-17(15)26-12-27-30)28-3-1-20(22,2-4-28)18(31)29-5-6-32-16-13(7-23)8-24-9-14(16)11-29/h8-10,12H,1-6,11H2. The SMILES string of the molecule is N#Cc1cncc2c1OCCN(C(=O)C1(F)CCN(c3ncc(F)c4ncnn34)CC1)C2. The number of alkyl halides is 1. The maximum Gasteiger partial charge on any atom is 0.260 e. The molecule has 164 valence electrons. The van der Waals surface area contributed by atoms with Crippen LogP contribution in [0, 0.1) is 17.1 Å². The van der Waals surface area contributed by atoms with Gasteiger partial charge in [0.15, 0.2) is 17.1 Å². The fourth-order valence-corrected chi connectivity index (χ4v) is 4.12.